The van der Waals surface area contributed by atoms with Gasteiger partial charge in [0, 0.05) is 48.9 Å². The van der Waals surface area contributed by atoms with E-state index in [1.165, 1.54) is 11.3 Å². The minimum atomic E-state index is -4.73. The van der Waals surface area contributed by atoms with E-state index in [2.05, 4.69) is 26.6 Å². The molecule has 0 atom stereocenters. The van der Waals surface area contributed by atoms with Crippen LogP contribution in [-0.4, -0.2) is 55.5 Å². The van der Waals surface area contributed by atoms with Gasteiger partial charge in [0.15, 0.2) is 0 Å². The molecule has 0 aliphatic heterocycles. The third kappa shape index (κ3) is 10.5. The topological polar surface area (TPSA) is 185 Å². The Morgan fingerprint density at radius 3 is 2.26 bits per heavy atom. The molecule has 1 aromatic heterocycles. The van der Waals surface area contributed by atoms with Crippen molar-refractivity contribution in [2.24, 2.45) is 17.2 Å². The number of nitrogens with one attached hydrogen (secondary N) is 5. The Morgan fingerprint density at radius 2 is 1.57 bits per heavy atom. The molecule has 4 aromatic rings. The number of rotatable bonds is 16. The molecule has 0 saturated carbocycles. The number of thiazole rings is 1. The Kier molecular flexibility index (Phi) is 13.2. The van der Waals surface area contributed by atoms with Crippen molar-refractivity contribution in [1.82, 2.24) is 10.3 Å². The van der Waals surface area contributed by atoms with Crippen molar-refractivity contribution in [2.45, 2.75) is 30.3 Å². The van der Waals surface area contributed by atoms with Crippen molar-refractivity contribution in [1.29, 1.82) is 0 Å². The fourth-order valence-corrected chi connectivity index (χ4v) is 6.32. The molecule has 0 radical (unpaired) electrons. The number of hydrogen-bond donors (Lipinski definition) is 8. The highest BCUT2D eigenvalue weighted by molar-refractivity contribution is 7.99. The minimum Gasteiger partial charge on any atom is -0.385 e. The number of hydrogen-bond acceptors (Lipinski definition) is 10. The van der Waals surface area contributed by atoms with Gasteiger partial charge in [-0.25, -0.2) is 9.78 Å². The fraction of sp³-hybridized carbons (Fsp3) is 0.323. The number of urea groups is 1. The van der Waals surface area contributed by atoms with E-state index in [0.29, 0.717) is 31.0 Å². The van der Waals surface area contributed by atoms with Gasteiger partial charge in [0.05, 0.1) is 32.1 Å². The van der Waals surface area contributed by atoms with E-state index in [1.807, 2.05) is 24.3 Å². The van der Waals surface area contributed by atoms with Gasteiger partial charge < -0.3 is 43.8 Å². The number of fused-ring (bicyclic) bond motifs is 1. The zero-order valence-electron chi connectivity index (χ0n) is 25.5. The third-order valence-electron chi connectivity index (χ3n) is 6.69. The summed E-state index contributed by atoms with van der Waals surface area (Å²) in [5.74, 6) is -0.136. The smallest absolute Gasteiger partial charge is 0.385 e. The van der Waals surface area contributed by atoms with Gasteiger partial charge in [0.1, 0.15) is 5.01 Å². The van der Waals surface area contributed by atoms with Crippen molar-refractivity contribution in [3.8, 4) is 10.6 Å². The summed E-state index contributed by atoms with van der Waals surface area (Å²) < 4.78 is 42.5. The lowest BCUT2D eigenvalue weighted by atomic mass is 10.1. The average molecular weight is 690 g/mol. The SMILES string of the molecule is NCCCNc1ccc(-c2nc3ccc(NC(=O)Nc4cc(C(F)(F)F)cc(NC(=O)CCCNCN)c4SCCN)cc3s2)cc1. The molecule has 1 heterocycles. The van der Waals surface area contributed by atoms with Gasteiger partial charge >= 0.3 is 12.2 Å². The molecule has 0 aliphatic carbocycles. The van der Waals surface area contributed by atoms with Crippen molar-refractivity contribution >= 4 is 68.0 Å². The number of amides is 3. The number of nitrogens with zero attached hydrogens (tertiary/aromatic N) is 1. The van der Waals surface area contributed by atoms with Gasteiger partial charge in [-0.3, -0.25) is 4.79 Å². The Bertz CT molecular complexity index is 1650. The van der Waals surface area contributed by atoms with E-state index >= 15 is 0 Å². The number of nitrogens with two attached hydrogens (primary N) is 3. The first kappa shape index (κ1) is 35.9. The molecule has 0 unspecified atom stereocenters. The van der Waals surface area contributed by atoms with E-state index in [4.69, 9.17) is 22.2 Å². The fourth-order valence-electron chi connectivity index (χ4n) is 4.46. The number of halogens is 3. The highest BCUT2D eigenvalue weighted by atomic mass is 32.2. The second kappa shape index (κ2) is 17.3. The van der Waals surface area contributed by atoms with Crippen LogP contribution in [0.3, 0.4) is 0 Å². The first-order valence-corrected chi connectivity index (χ1v) is 16.7. The quantitative estimate of drug-likeness (QED) is 0.0418. The highest BCUT2D eigenvalue weighted by Crippen LogP contribution is 2.41. The van der Waals surface area contributed by atoms with E-state index < -0.39 is 23.7 Å². The predicted molar refractivity (Wildman–Crippen MR) is 186 cm³/mol. The highest BCUT2D eigenvalue weighted by Gasteiger charge is 2.33. The van der Waals surface area contributed by atoms with Crippen LogP contribution in [0.1, 0.15) is 24.8 Å². The van der Waals surface area contributed by atoms with E-state index in [-0.39, 0.29) is 35.9 Å². The Morgan fingerprint density at radius 1 is 0.851 bits per heavy atom. The number of carbonyl (C=O) groups excluding carboxylic acids is 2. The lowest BCUT2D eigenvalue weighted by Gasteiger charge is -2.19. The second-order valence-electron chi connectivity index (χ2n) is 10.3. The van der Waals surface area contributed by atoms with Crippen LogP contribution in [0.5, 0.6) is 0 Å². The molecule has 0 fully saturated rings. The maximum Gasteiger partial charge on any atom is 0.416 e. The summed E-state index contributed by atoms with van der Waals surface area (Å²) in [7, 11) is 0. The number of aromatic nitrogens is 1. The monoisotopic (exact) mass is 689 g/mol. The van der Waals surface area contributed by atoms with Crippen LogP contribution in [0.15, 0.2) is 59.5 Å². The van der Waals surface area contributed by atoms with Crippen LogP contribution in [0.2, 0.25) is 0 Å². The maximum atomic E-state index is 13.9. The molecule has 3 amide bonds. The largest absolute Gasteiger partial charge is 0.416 e. The van der Waals surface area contributed by atoms with Crippen LogP contribution >= 0.6 is 23.1 Å². The van der Waals surface area contributed by atoms with Crippen molar-refractivity contribution in [3.05, 3.63) is 60.2 Å². The number of carbonyl (C=O) groups is 2. The average Bonchev–Trinajstić information content (AvgIpc) is 3.46. The maximum absolute atomic E-state index is 13.9. The molecule has 16 heteroatoms. The van der Waals surface area contributed by atoms with Crippen LogP contribution in [0.4, 0.5) is 40.7 Å². The molecule has 0 aliphatic rings. The van der Waals surface area contributed by atoms with Crippen LogP contribution in [0, 0.1) is 0 Å². The zero-order valence-corrected chi connectivity index (χ0v) is 27.1. The molecule has 4 rings (SSSR count). The number of anilines is 4. The molecular weight excluding hydrogens is 652 g/mol. The lowest BCUT2D eigenvalue weighted by molar-refractivity contribution is -0.137. The molecule has 11 nitrogen and oxygen atoms in total. The molecule has 0 bridgehead atoms. The molecule has 0 spiro atoms. The van der Waals surface area contributed by atoms with Gasteiger partial charge in [0.2, 0.25) is 5.91 Å². The molecule has 47 heavy (non-hydrogen) atoms. The number of benzene rings is 3. The molecule has 0 saturated heterocycles. The first-order valence-electron chi connectivity index (χ1n) is 14.9. The van der Waals surface area contributed by atoms with Crippen LogP contribution in [-0.2, 0) is 11.0 Å². The van der Waals surface area contributed by atoms with Gasteiger partial charge in [-0.05, 0) is 80.5 Å². The minimum absolute atomic E-state index is 0.0625. The summed E-state index contributed by atoms with van der Waals surface area (Å²) in [6, 6.07) is 14.0. The van der Waals surface area contributed by atoms with Gasteiger partial charge in [-0.15, -0.1) is 23.1 Å². The van der Waals surface area contributed by atoms with E-state index in [9.17, 15) is 22.8 Å². The van der Waals surface area contributed by atoms with E-state index in [1.54, 1.807) is 18.2 Å². The molecule has 11 N–H and O–H groups in total. The van der Waals surface area contributed by atoms with Gasteiger partial charge in [-0.1, -0.05) is 0 Å². The second-order valence-corrected chi connectivity index (χ2v) is 12.5. The number of alkyl halides is 3. The predicted octanol–water partition coefficient (Wildman–Crippen LogP) is 5.66. The standard InChI is InChI=1S/C31H38F3N9O2S2/c32-31(33,34)20-15-24(41-27(44)3-1-12-38-18-37)28(46-14-11-36)25(16-20)43-30(45)40-22-8-9-23-26(17-22)47-29(42-23)19-4-6-21(7-5-19)39-13-2-10-35/h4-9,15-17,38-39H,1-3,10-14,18,35-37H2,(H,41,44)(H2,40,43,45). The third-order valence-corrected chi connectivity index (χ3v) is 8.93. The molecule has 252 valence electrons. The number of thioether (sulfide) groups is 1. The first-order chi connectivity index (χ1) is 22.6. The van der Waals surface area contributed by atoms with Crippen LogP contribution in [0.25, 0.3) is 20.8 Å². The van der Waals surface area contributed by atoms with E-state index in [0.717, 1.165) is 63.3 Å². The zero-order chi connectivity index (χ0) is 33.8. The summed E-state index contributed by atoms with van der Waals surface area (Å²) in [5.41, 5.74) is 18.5. The van der Waals surface area contributed by atoms with Crippen LogP contribution < -0.4 is 43.8 Å². The molecular formula is C31H38F3N9O2S2. The summed E-state index contributed by atoms with van der Waals surface area (Å²) in [5, 5.41) is 14.8. The van der Waals surface area contributed by atoms with Gasteiger partial charge in [0.25, 0.3) is 0 Å². The summed E-state index contributed by atoms with van der Waals surface area (Å²) in [6.07, 6.45) is -3.36. The Labute approximate surface area is 278 Å². The summed E-state index contributed by atoms with van der Waals surface area (Å²) in [6.45, 7) is 2.35. The summed E-state index contributed by atoms with van der Waals surface area (Å²) in [4.78, 5) is 30.7. The van der Waals surface area contributed by atoms with Gasteiger partial charge in [-0.2, -0.15) is 13.2 Å². The Hall–Kier alpha value is -3.93. The van der Waals surface area contributed by atoms with Crippen molar-refractivity contribution < 1.29 is 22.8 Å². The Balaban J connectivity index is 1.52. The lowest BCUT2D eigenvalue weighted by Crippen LogP contribution is -2.24. The summed E-state index contributed by atoms with van der Waals surface area (Å²) >= 11 is 2.57. The van der Waals surface area contributed by atoms with Crippen molar-refractivity contribution in [2.75, 3.05) is 59.9 Å². The normalized spacial score (nSPS) is 11.4. The molecule has 3 aromatic carbocycles. The van der Waals surface area contributed by atoms with Crippen molar-refractivity contribution in [3.63, 3.8) is 0 Å².